The van der Waals surface area contributed by atoms with Crippen LogP contribution in [-0.4, -0.2) is 18.3 Å². The van der Waals surface area contributed by atoms with Gasteiger partial charge in [-0.1, -0.05) is 25.0 Å². The van der Waals surface area contributed by atoms with Crippen LogP contribution in [0.4, 0.5) is 0 Å². The Morgan fingerprint density at radius 3 is 2.86 bits per heavy atom. The number of hydrogen-bond donors (Lipinski definition) is 1. The lowest BCUT2D eigenvalue weighted by molar-refractivity contribution is -0.0454. The van der Waals surface area contributed by atoms with Crippen molar-refractivity contribution in [3.63, 3.8) is 0 Å². The Morgan fingerprint density at radius 2 is 2.09 bits per heavy atom. The highest BCUT2D eigenvalue weighted by atomic mass is 16.5. The monoisotopic (exact) mass is 302 g/mol. The van der Waals surface area contributed by atoms with Crippen LogP contribution in [0.1, 0.15) is 58.8 Å². The van der Waals surface area contributed by atoms with Crippen LogP contribution < -0.4 is 0 Å². The second-order valence-corrected chi connectivity index (χ2v) is 8.49. The van der Waals surface area contributed by atoms with Gasteiger partial charge in [0, 0.05) is 6.42 Å². The highest BCUT2D eigenvalue weighted by Gasteiger charge is 2.56. The van der Waals surface area contributed by atoms with Crippen LogP contribution in [-0.2, 0) is 4.74 Å². The highest BCUT2D eigenvalue weighted by Crippen LogP contribution is 2.62. The number of fused-ring (bicyclic) bond motifs is 4. The number of aliphatic hydroxyl groups excluding tert-OH is 1. The molecule has 0 amide bonds. The highest BCUT2D eigenvalue weighted by molar-refractivity contribution is 5.33. The topological polar surface area (TPSA) is 29.5 Å². The number of ether oxygens (including phenoxy) is 1. The van der Waals surface area contributed by atoms with E-state index in [-0.39, 0.29) is 11.5 Å². The first kappa shape index (κ1) is 14.8. The van der Waals surface area contributed by atoms with Crippen LogP contribution >= 0.6 is 0 Å². The van der Waals surface area contributed by atoms with Gasteiger partial charge in [0.15, 0.2) is 0 Å². The minimum atomic E-state index is -0.0626. The molecule has 2 nitrogen and oxygen atoms in total. The zero-order valence-electron chi connectivity index (χ0n) is 14.3. The Bertz CT molecular complexity index is 532. The molecule has 2 saturated carbocycles. The summed E-state index contributed by atoms with van der Waals surface area (Å²) < 4.78 is 5.50. The maximum absolute atomic E-state index is 10.5. The summed E-state index contributed by atoms with van der Waals surface area (Å²) in [5, 5.41) is 10.5. The molecule has 4 aliphatic carbocycles. The van der Waals surface area contributed by atoms with E-state index < -0.39 is 0 Å². The van der Waals surface area contributed by atoms with Crippen LogP contribution in [0.3, 0.4) is 0 Å². The maximum atomic E-state index is 10.5. The predicted octanol–water partition coefficient (Wildman–Crippen LogP) is 4.45. The van der Waals surface area contributed by atoms with Gasteiger partial charge in [-0.2, -0.15) is 0 Å². The Balaban J connectivity index is 1.66. The molecule has 0 bridgehead atoms. The van der Waals surface area contributed by atoms with Gasteiger partial charge in [-0.3, -0.25) is 0 Å². The molecule has 1 N–H and O–H groups in total. The quantitative estimate of drug-likeness (QED) is 0.725. The fraction of sp³-hybridized carbons (Fsp3) is 0.800. The van der Waals surface area contributed by atoms with Crippen molar-refractivity contribution in [1.82, 2.24) is 0 Å². The van der Waals surface area contributed by atoms with E-state index in [2.05, 4.69) is 19.9 Å². The van der Waals surface area contributed by atoms with Crippen molar-refractivity contribution < 1.29 is 9.84 Å². The zero-order valence-corrected chi connectivity index (χ0v) is 14.3. The van der Waals surface area contributed by atoms with Crippen molar-refractivity contribution in [2.24, 2.45) is 29.1 Å². The lowest BCUT2D eigenvalue weighted by Gasteiger charge is -2.53. The van der Waals surface area contributed by atoms with Crippen molar-refractivity contribution in [2.45, 2.75) is 64.9 Å². The van der Waals surface area contributed by atoms with Crippen LogP contribution in [0.15, 0.2) is 23.0 Å². The van der Waals surface area contributed by atoms with Crippen molar-refractivity contribution in [2.75, 3.05) is 7.11 Å². The van der Waals surface area contributed by atoms with E-state index >= 15 is 0 Å². The van der Waals surface area contributed by atoms with Crippen molar-refractivity contribution in [1.29, 1.82) is 0 Å². The van der Waals surface area contributed by atoms with E-state index in [4.69, 9.17) is 4.74 Å². The van der Waals surface area contributed by atoms with Gasteiger partial charge in [-0.15, -0.1) is 0 Å². The summed E-state index contributed by atoms with van der Waals surface area (Å²) in [6.45, 7) is 4.83. The van der Waals surface area contributed by atoms with Gasteiger partial charge in [0.1, 0.15) is 0 Å². The van der Waals surface area contributed by atoms with Crippen LogP contribution in [0.5, 0.6) is 0 Å². The number of aliphatic hydroxyl groups is 1. The summed E-state index contributed by atoms with van der Waals surface area (Å²) >= 11 is 0. The molecule has 122 valence electrons. The van der Waals surface area contributed by atoms with Crippen molar-refractivity contribution in [3.05, 3.63) is 23.0 Å². The van der Waals surface area contributed by atoms with Crippen LogP contribution in [0, 0.1) is 29.1 Å². The standard InChI is InChI=1S/C20H30O2/c1-12-10-13-11-14(22-3)4-5-15(13)16-8-9-20(2)17(19(12)16)6-7-18(20)21/h4,12,16-19,21H,5-11H2,1-3H3/t12?,16-,17+,18?,19-,20+/m1/s1. The van der Waals surface area contributed by atoms with Crippen LogP contribution in [0.2, 0.25) is 0 Å². The van der Waals surface area contributed by atoms with Gasteiger partial charge in [-0.25, -0.2) is 0 Å². The molecule has 4 aliphatic rings. The molecule has 6 atom stereocenters. The summed E-state index contributed by atoms with van der Waals surface area (Å²) in [5.41, 5.74) is 3.61. The number of hydrogen-bond acceptors (Lipinski definition) is 2. The van der Waals surface area contributed by atoms with Gasteiger partial charge >= 0.3 is 0 Å². The Kier molecular flexibility index (Phi) is 3.45. The molecule has 2 fully saturated rings. The minimum absolute atomic E-state index is 0.0626. The van der Waals surface area contributed by atoms with E-state index in [9.17, 15) is 5.11 Å². The van der Waals surface area contributed by atoms with E-state index in [1.807, 2.05) is 0 Å². The van der Waals surface area contributed by atoms with Crippen molar-refractivity contribution >= 4 is 0 Å². The van der Waals surface area contributed by atoms with Gasteiger partial charge in [-0.05, 0) is 73.7 Å². The predicted molar refractivity (Wildman–Crippen MR) is 88.2 cm³/mol. The average Bonchev–Trinajstić information content (AvgIpc) is 2.82. The summed E-state index contributed by atoms with van der Waals surface area (Å²) in [7, 11) is 1.80. The van der Waals surface area contributed by atoms with E-state index in [0.29, 0.717) is 0 Å². The molecule has 0 radical (unpaired) electrons. The second kappa shape index (κ2) is 5.12. The third kappa shape index (κ3) is 1.95. The summed E-state index contributed by atoms with van der Waals surface area (Å²) in [5.74, 6) is 4.23. The second-order valence-electron chi connectivity index (χ2n) is 8.49. The molecular weight excluding hydrogens is 272 g/mol. The normalized spacial score (nSPS) is 47.5. The number of rotatable bonds is 1. The maximum Gasteiger partial charge on any atom is 0.0959 e. The lowest BCUT2D eigenvalue weighted by atomic mass is 9.52. The summed E-state index contributed by atoms with van der Waals surface area (Å²) in [4.78, 5) is 0. The Morgan fingerprint density at radius 1 is 1.27 bits per heavy atom. The molecule has 2 heteroatoms. The third-order valence-electron chi connectivity index (χ3n) is 7.61. The third-order valence-corrected chi connectivity index (χ3v) is 7.61. The van der Waals surface area contributed by atoms with Gasteiger partial charge in [0.2, 0.25) is 0 Å². The molecule has 2 unspecified atom stereocenters. The lowest BCUT2D eigenvalue weighted by Crippen LogP contribution is -2.47. The first-order chi connectivity index (χ1) is 10.5. The average molecular weight is 302 g/mol. The fourth-order valence-corrected chi connectivity index (χ4v) is 6.43. The van der Waals surface area contributed by atoms with Gasteiger partial charge in [0.25, 0.3) is 0 Å². The van der Waals surface area contributed by atoms with E-state index in [1.165, 1.54) is 31.4 Å². The SMILES string of the molecule is COC1=CCC2=C(C1)CC(C)[C@@H]1[C@@H]2CC[C@]2(C)C(O)CC[C@@H]12. The van der Waals surface area contributed by atoms with Crippen LogP contribution in [0.25, 0.3) is 0 Å². The summed E-state index contributed by atoms with van der Waals surface area (Å²) in [6, 6.07) is 0. The van der Waals surface area contributed by atoms with E-state index in [1.54, 1.807) is 18.3 Å². The molecule has 22 heavy (non-hydrogen) atoms. The molecule has 0 heterocycles. The Labute approximate surface area is 134 Å². The largest absolute Gasteiger partial charge is 0.501 e. The van der Waals surface area contributed by atoms with Crippen molar-refractivity contribution in [3.8, 4) is 0 Å². The molecule has 0 spiro atoms. The van der Waals surface area contributed by atoms with Gasteiger partial charge < -0.3 is 9.84 Å². The molecule has 0 aliphatic heterocycles. The molecule has 0 saturated heterocycles. The molecule has 0 aromatic heterocycles. The van der Waals surface area contributed by atoms with E-state index in [0.717, 1.165) is 42.9 Å². The molecule has 0 aromatic carbocycles. The smallest absolute Gasteiger partial charge is 0.0959 e. The molecule has 4 rings (SSSR count). The fourth-order valence-electron chi connectivity index (χ4n) is 6.43. The zero-order chi connectivity index (χ0) is 15.5. The number of methoxy groups -OCH3 is 1. The van der Waals surface area contributed by atoms with Gasteiger partial charge in [0.05, 0.1) is 19.0 Å². The molecule has 0 aromatic rings. The Hall–Kier alpha value is -0.760. The molecular formula is C20H30O2. The first-order valence-corrected chi connectivity index (χ1v) is 9.16. The first-order valence-electron chi connectivity index (χ1n) is 9.16. The minimum Gasteiger partial charge on any atom is -0.501 e. The number of allylic oxidation sites excluding steroid dienone is 3. The summed E-state index contributed by atoms with van der Waals surface area (Å²) in [6.07, 6.45) is 10.4.